The highest BCUT2D eigenvalue weighted by molar-refractivity contribution is 4.70. The predicted molar refractivity (Wildman–Crippen MR) is 44.5 cm³/mol. The lowest BCUT2D eigenvalue weighted by Crippen LogP contribution is -2.38. The summed E-state index contributed by atoms with van der Waals surface area (Å²) >= 11 is 0. The Bertz CT molecular complexity index is 73.3. The van der Waals surface area contributed by atoms with Crippen LogP contribution in [0.5, 0.6) is 0 Å². The minimum absolute atomic E-state index is 0.109. The van der Waals surface area contributed by atoms with Gasteiger partial charge in [0.2, 0.25) is 0 Å². The van der Waals surface area contributed by atoms with Crippen LogP contribution >= 0.6 is 0 Å². The fourth-order valence-corrected chi connectivity index (χ4v) is 0.787. The molecule has 10 heavy (non-hydrogen) atoms. The molecule has 0 amide bonds. The largest absolute Gasteiger partial charge is 0.330 e. The van der Waals surface area contributed by atoms with Gasteiger partial charge in [-0.25, -0.2) is 0 Å². The molecule has 0 aromatic rings. The Kier molecular flexibility index (Phi) is 5.58. The van der Waals surface area contributed by atoms with Crippen molar-refractivity contribution in [3.05, 3.63) is 0 Å². The monoisotopic (exact) mass is 145 g/mol. The van der Waals surface area contributed by atoms with Crippen molar-refractivity contribution in [1.82, 2.24) is 0 Å². The van der Waals surface area contributed by atoms with Crippen LogP contribution in [0.25, 0.3) is 0 Å². The molecule has 0 saturated heterocycles. The predicted octanol–water partition coefficient (Wildman–Crippen LogP) is -0.210. The van der Waals surface area contributed by atoms with Crippen LogP contribution in [0, 0.1) is 0 Å². The molecule has 0 radical (unpaired) electrons. The van der Waals surface area contributed by atoms with E-state index in [4.69, 9.17) is 17.2 Å². The first kappa shape index (κ1) is 9.88. The zero-order chi connectivity index (χ0) is 7.98. The van der Waals surface area contributed by atoms with Crippen LogP contribution in [0.15, 0.2) is 0 Å². The Balaban J connectivity index is 3.13. The Morgan fingerprint density at radius 2 is 1.80 bits per heavy atom. The summed E-state index contributed by atoms with van der Waals surface area (Å²) in [5, 5.41) is 0. The van der Waals surface area contributed by atoms with Crippen LogP contribution < -0.4 is 17.2 Å². The van der Waals surface area contributed by atoms with Crippen LogP contribution in [0.1, 0.15) is 26.2 Å². The summed E-state index contributed by atoms with van der Waals surface area (Å²) in [5.41, 5.74) is 16.6. The molecule has 0 bridgehead atoms. The summed E-state index contributed by atoms with van der Waals surface area (Å²) in [7, 11) is 0. The molecule has 3 nitrogen and oxygen atoms in total. The number of unbranched alkanes of at least 4 members (excludes halogenated alkanes) is 1. The minimum atomic E-state index is 0.109. The molecule has 6 N–H and O–H groups in total. The Labute approximate surface area is 62.9 Å². The second-order valence-electron chi connectivity index (χ2n) is 2.81. The van der Waals surface area contributed by atoms with Gasteiger partial charge in [-0.2, -0.15) is 0 Å². The van der Waals surface area contributed by atoms with E-state index in [1.165, 1.54) is 0 Å². The lowest BCUT2D eigenvalue weighted by Gasteiger charge is -2.14. The Morgan fingerprint density at radius 3 is 2.20 bits per heavy atom. The molecule has 62 valence electrons. The van der Waals surface area contributed by atoms with Crippen LogP contribution in [0.2, 0.25) is 0 Å². The van der Waals surface area contributed by atoms with Crippen molar-refractivity contribution >= 4 is 0 Å². The van der Waals surface area contributed by atoms with E-state index in [1.54, 1.807) is 0 Å². The standard InChI is InChI=1S/C7H19N3/c1-6(9)7(10)4-2-3-5-8/h6-7H,2-5,8-10H2,1H3. The summed E-state index contributed by atoms with van der Waals surface area (Å²) in [6.07, 6.45) is 3.15. The van der Waals surface area contributed by atoms with Gasteiger partial charge in [-0.1, -0.05) is 6.42 Å². The van der Waals surface area contributed by atoms with Gasteiger partial charge < -0.3 is 17.2 Å². The SMILES string of the molecule is CC(N)C(N)CCCCN. The number of hydrogen-bond acceptors (Lipinski definition) is 3. The van der Waals surface area contributed by atoms with Gasteiger partial charge in [0.05, 0.1) is 0 Å². The first-order valence-corrected chi connectivity index (χ1v) is 3.89. The summed E-state index contributed by atoms with van der Waals surface area (Å²) in [6, 6.07) is 0.254. The van der Waals surface area contributed by atoms with Crippen molar-refractivity contribution in [1.29, 1.82) is 0 Å². The van der Waals surface area contributed by atoms with E-state index >= 15 is 0 Å². The zero-order valence-corrected chi connectivity index (χ0v) is 6.72. The van der Waals surface area contributed by atoms with Gasteiger partial charge in [-0.15, -0.1) is 0 Å². The van der Waals surface area contributed by atoms with Gasteiger partial charge >= 0.3 is 0 Å². The molecule has 0 aliphatic rings. The van der Waals surface area contributed by atoms with Crippen molar-refractivity contribution < 1.29 is 0 Å². The number of hydrogen-bond donors (Lipinski definition) is 3. The fourth-order valence-electron chi connectivity index (χ4n) is 0.787. The molecule has 2 unspecified atom stereocenters. The van der Waals surface area contributed by atoms with Crippen LogP contribution in [-0.2, 0) is 0 Å². The second kappa shape index (κ2) is 5.65. The van der Waals surface area contributed by atoms with E-state index in [0.717, 1.165) is 25.8 Å². The number of rotatable bonds is 5. The Morgan fingerprint density at radius 1 is 1.20 bits per heavy atom. The third-order valence-corrected chi connectivity index (χ3v) is 1.67. The first-order chi connectivity index (χ1) is 4.68. The lowest BCUT2D eigenvalue weighted by molar-refractivity contribution is 0.499. The van der Waals surface area contributed by atoms with Crippen LogP contribution in [0.3, 0.4) is 0 Å². The van der Waals surface area contributed by atoms with Crippen molar-refractivity contribution in [2.45, 2.75) is 38.3 Å². The average molecular weight is 145 g/mol. The highest BCUT2D eigenvalue weighted by Gasteiger charge is 2.05. The summed E-state index contributed by atoms with van der Waals surface area (Å²) in [5.74, 6) is 0. The molecule has 0 saturated carbocycles. The molecule has 0 spiro atoms. The maximum absolute atomic E-state index is 5.69. The van der Waals surface area contributed by atoms with Gasteiger partial charge in [0.1, 0.15) is 0 Å². The maximum Gasteiger partial charge on any atom is 0.0189 e. The fraction of sp³-hybridized carbons (Fsp3) is 1.00. The Hall–Kier alpha value is -0.120. The van der Waals surface area contributed by atoms with Crippen molar-refractivity contribution in [3.63, 3.8) is 0 Å². The van der Waals surface area contributed by atoms with Gasteiger partial charge in [0, 0.05) is 12.1 Å². The van der Waals surface area contributed by atoms with E-state index in [-0.39, 0.29) is 12.1 Å². The smallest absolute Gasteiger partial charge is 0.0189 e. The van der Waals surface area contributed by atoms with Crippen molar-refractivity contribution in [3.8, 4) is 0 Å². The van der Waals surface area contributed by atoms with Crippen molar-refractivity contribution in [2.24, 2.45) is 17.2 Å². The van der Waals surface area contributed by atoms with E-state index in [0.29, 0.717) is 0 Å². The quantitative estimate of drug-likeness (QED) is 0.468. The molecule has 0 aliphatic carbocycles. The minimum Gasteiger partial charge on any atom is -0.330 e. The van der Waals surface area contributed by atoms with E-state index in [2.05, 4.69) is 0 Å². The topological polar surface area (TPSA) is 78.1 Å². The number of nitrogens with two attached hydrogens (primary N) is 3. The van der Waals surface area contributed by atoms with E-state index in [9.17, 15) is 0 Å². The van der Waals surface area contributed by atoms with Gasteiger partial charge in [0.15, 0.2) is 0 Å². The third-order valence-electron chi connectivity index (χ3n) is 1.67. The molecule has 2 atom stereocenters. The third kappa shape index (κ3) is 4.73. The summed E-state index contributed by atoms with van der Waals surface area (Å²) < 4.78 is 0. The summed E-state index contributed by atoms with van der Waals surface area (Å²) in [6.45, 7) is 2.69. The highest BCUT2D eigenvalue weighted by atomic mass is 14.8. The average Bonchev–Trinajstić information content (AvgIpc) is 1.88. The second-order valence-corrected chi connectivity index (χ2v) is 2.81. The lowest BCUT2D eigenvalue weighted by atomic mass is 10.1. The normalized spacial score (nSPS) is 16.8. The first-order valence-electron chi connectivity index (χ1n) is 3.89. The van der Waals surface area contributed by atoms with Gasteiger partial charge in [-0.05, 0) is 26.3 Å². The summed E-state index contributed by atoms with van der Waals surface area (Å²) in [4.78, 5) is 0. The molecule has 0 aromatic heterocycles. The molecule has 0 rings (SSSR count). The molecule has 0 aromatic carbocycles. The molecule has 0 aliphatic heterocycles. The van der Waals surface area contributed by atoms with Gasteiger partial charge in [-0.3, -0.25) is 0 Å². The highest BCUT2D eigenvalue weighted by Crippen LogP contribution is 1.99. The van der Waals surface area contributed by atoms with E-state index < -0.39 is 0 Å². The molecule has 0 fully saturated rings. The molecule has 0 heterocycles. The van der Waals surface area contributed by atoms with Crippen LogP contribution in [0.4, 0.5) is 0 Å². The van der Waals surface area contributed by atoms with Gasteiger partial charge in [0.25, 0.3) is 0 Å². The molecule has 3 heteroatoms. The van der Waals surface area contributed by atoms with Crippen molar-refractivity contribution in [2.75, 3.05) is 6.54 Å². The van der Waals surface area contributed by atoms with E-state index in [1.807, 2.05) is 6.92 Å². The molecular weight excluding hydrogens is 126 g/mol. The molecular formula is C7H19N3. The zero-order valence-electron chi connectivity index (χ0n) is 6.72. The van der Waals surface area contributed by atoms with Crippen LogP contribution in [-0.4, -0.2) is 18.6 Å². The maximum atomic E-state index is 5.69.